The molecular formula is C16H12Br2S3. The molecule has 0 saturated heterocycles. The molecule has 0 fully saturated rings. The lowest BCUT2D eigenvalue weighted by atomic mass is 10.4. The van der Waals surface area contributed by atoms with Crippen LogP contribution < -0.4 is 0 Å². The molecule has 21 heavy (non-hydrogen) atoms. The molecule has 0 aliphatic heterocycles. The Labute approximate surface area is 155 Å². The van der Waals surface area contributed by atoms with Crippen molar-refractivity contribution in [1.82, 2.24) is 0 Å². The molecule has 0 aliphatic carbocycles. The fourth-order valence-corrected chi connectivity index (χ4v) is 5.00. The van der Waals surface area contributed by atoms with Gasteiger partial charge in [-0.1, -0.05) is 48.4 Å². The van der Waals surface area contributed by atoms with E-state index in [9.17, 15) is 0 Å². The second-order valence-electron chi connectivity index (χ2n) is 3.86. The second-order valence-corrected chi connectivity index (χ2v) is 8.73. The van der Waals surface area contributed by atoms with Gasteiger partial charge in [-0.05, 0) is 79.1 Å². The Hall–Kier alpha value is -0.0700. The van der Waals surface area contributed by atoms with Gasteiger partial charge in [0.05, 0.1) is 0 Å². The fraction of sp³-hybridized carbons (Fsp3) is 0. The third-order valence-electron chi connectivity index (χ3n) is 2.47. The Bertz CT molecular complexity index is 611. The van der Waals surface area contributed by atoms with Crippen LogP contribution in [-0.4, -0.2) is 0 Å². The molecule has 2 aromatic carbocycles. The zero-order chi connectivity index (χ0) is 15.2. The van der Waals surface area contributed by atoms with Crippen molar-refractivity contribution in [3.63, 3.8) is 0 Å². The van der Waals surface area contributed by atoms with Gasteiger partial charge in [-0.2, -0.15) is 0 Å². The van der Waals surface area contributed by atoms with Gasteiger partial charge in [0.1, 0.15) is 0 Å². The predicted molar refractivity (Wildman–Crippen MR) is 105 cm³/mol. The molecule has 108 valence electrons. The van der Waals surface area contributed by atoms with E-state index in [0.29, 0.717) is 0 Å². The Morgan fingerprint density at radius 2 is 1.19 bits per heavy atom. The maximum Gasteiger partial charge on any atom is 0.0326 e. The van der Waals surface area contributed by atoms with E-state index in [1.807, 2.05) is 10.8 Å². The number of thioether (sulfide) groups is 2. The monoisotopic (exact) mass is 458 g/mol. The maximum atomic E-state index is 3.74. The van der Waals surface area contributed by atoms with Gasteiger partial charge < -0.3 is 0 Å². The first kappa shape index (κ1) is 17.3. The van der Waals surface area contributed by atoms with Gasteiger partial charge in [-0.15, -0.1) is 0 Å². The molecule has 0 nitrogen and oxygen atoms in total. The number of hydrogen-bond donors (Lipinski definition) is 0. The first-order valence-electron chi connectivity index (χ1n) is 5.96. The van der Waals surface area contributed by atoms with Crippen LogP contribution in [0.1, 0.15) is 0 Å². The van der Waals surface area contributed by atoms with Crippen LogP contribution in [-0.2, 0) is 0 Å². The van der Waals surface area contributed by atoms with Gasteiger partial charge in [-0.3, -0.25) is 0 Å². The lowest BCUT2D eigenvalue weighted by molar-refractivity contribution is 1.28. The van der Waals surface area contributed by atoms with E-state index in [4.69, 9.17) is 0 Å². The maximum absolute atomic E-state index is 3.74. The summed E-state index contributed by atoms with van der Waals surface area (Å²) in [6.45, 7) is 7.48. The molecule has 0 heterocycles. The Morgan fingerprint density at radius 3 is 1.52 bits per heavy atom. The average Bonchev–Trinajstić information content (AvgIpc) is 2.45. The normalized spacial score (nSPS) is 10.4. The van der Waals surface area contributed by atoms with Crippen molar-refractivity contribution in [3.8, 4) is 0 Å². The largest absolute Gasteiger partial charge is 0.0987 e. The van der Waals surface area contributed by atoms with Crippen molar-refractivity contribution in [2.45, 2.75) is 19.6 Å². The Kier molecular flexibility index (Phi) is 7.02. The fourth-order valence-electron chi connectivity index (χ4n) is 1.59. The van der Waals surface area contributed by atoms with E-state index in [-0.39, 0.29) is 0 Å². The van der Waals surface area contributed by atoms with E-state index >= 15 is 0 Å². The van der Waals surface area contributed by atoms with Crippen molar-refractivity contribution in [2.75, 3.05) is 0 Å². The molecule has 0 bridgehead atoms. The Morgan fingerprint density at radius 1 is 0.762 bits per heavy atom. The quantitative estimate of drug-likeness (QED) is 0.403. The summed E-state index contributed by atoms with van der Waals surface area (Å²) >= 11 is 12.2. The SMILES string of the molecule is C=CSc1ccc(Sc2ccc(SC=C)cc2Br)c(Br)c1. The molecule has 0 radical (unpaired) electrons. The van der Waals surface area contributed by atoms with Gasteiger partial charge >= 0.3 is 0 Å². The third-order valence-corrected chi connectivity index (χ3v) is 6.84. The first-order valence-corrected chi connectivity index (χ1v) is 10.1. The molecule has 0 aromatic heterocycles. The highest BCUT2D eigenvalue weighted by Crippen LogP contribution is 2.40. The van der Waals surface area contributed by atoms with Crippen LogP contribution in [0, 0.1) is 0 Å². The highest BCUT2D eigenvalue weighted by atomic mass is 79.9. The standard InChI is InChI=1S/C16H12Br2S3/c1-3-19-11-5-7-15(13(17)9-11)21-16-8-6-12(20-4-2)10-14(16)18/h3-10H,1-2H2. The van der Waals surface area contributed by atoms with Gasteiger partial charge in [0.15, 0.2) is 0 Å². The van der Waals surface area contributed by atoms with E-state index in [0.717, 1.165) is 8.95 Å². The minimum atomic E-state index is 1.09. The van der Waals surface area contributed by atoms with Crippen LogP contribution in [0.3, 0.4) is 0 Å². The van der Waals surface area contributed by atoms with Crippen molar-refractivity contribution in [3.05, 3.63) is 69.3 Å². The number of benzene rings is 2. The minimum Gasteiger partial charge on any atom is -0.0987 e. The average molecular weight is 460 g/mol. The van der Waals surface area contributed by atoms with E-state index in [2.05, 4.69) is 81.4 Å². The summed E-state index contributed by atoms with van der Waals surface area (Å²) < 4.78 is 2.19. The number of halogens is 2. The molecule has 2 rings (SSSR count). The summed E-state index contributed by atoms with van der Waals surface area (Å²) in [5.41, 5.74) is 0. The van der Waals surface area contributed by atoms with E-state index < -0.39 is 0 Å². The van der Waals surface area contributed by atoms with Crippen LogP contribution in [0.5, 0.6) is 0 Å². The molecule has 0 atom stereocenters. The molecule has 0 N–H and O–H groups in total. The topological polar surface area (TPSA) is 0 Å². The minimum absolute atomic E-state index is 1.09. The predicted octanol–water partition coefficient (Wildman–Crippen LogP) is 7.83. The summed E-state index contributed by atoms with van der Waals surface area (Å²) in [5.74, 6) is 0. The molecule has 0 amide bonds. The van der Waals surface area contributed by atoms with Crippen molar-refractivity contribution >= 4 is 67.1 Å². The molecule has 0 aliphatic rings. The molecule has 0 unspecified atom stereocenters. The van der Waals surface area contributed by atoms with Gasteiger partial charge in [0.2, 0.25) is 0 Å². The van der Waals surface area contributed by atoms with Crippen LogP contribution in [0.25, 0.3) is 0 Å². The van der Waals surface area contributed by atoms with E-state index in [1.165, 1.54) is 19.6 Å². The van der Waals surface area contributed by atoms with Crippen LogP contribution in [0.2, 0.25) is 0 Å². The summed E-state index contributed by atoms with van der Waals surface area (Å²) in [6.07, 6.45) is 0. The summed E-state index contributed by atoms with van der Waals surface area (Å²) in [4.78, 5) is 4.73. The van der Waals surface area contributed by atoms with Gasteiger partial charge in [-0.25, -0.2) is 0 Å². The smallest absolute Gasteiger partial charge is 0.0326 e. The lowest BCUT2D eigenvalue weighted by Crippen LogP contribution is -1.80. The third kappa shape index (κ3) is 4.96. The summed E-state index contributed by atoms with van der Waals surface area (Å²) in [6, 6.07) is 12.7. The molecule has 5 heteroatoms. The van der Waals surface area contributed by atoms with Crippen molar-refractivity contribution in [1.29, 1.82) is 0 Å². The highest BCUT2D eigenvalue weighted by Gasteiger charge is 2.07. The van der Waals surface area contributed by atoms with Crippen molar-refractivity contribution in [2.24, 2.45) is 0 Å². The van der Waals surface area contributed by atoms with Gasteiger partial charge in [0, 0.05) is 28.5 Å². The van der Waals surface area contributed by atoms with E-state index in [1.54, 1.807) is 35.3 Å². The summed E-state index contributed by atoms with van der Waals surface area (Å²) in [5, 5.41) is 3.67. The van der Waals surface area contributed by atoms with Crippen LogP contribution >= 0.6 is 67.1 Å². The second kappa shape index (κ2) is 8.53. The summed E-state index contributed by atoms with van der Waals surface area (Å²) in [7, 11) is 0. The lowest BCUT2D eigenvalue weighted by Gasteiger charge is -2.09. The zero-order valence-electron chi connectivity index (χ0n) is 11.0. The number of hydrogen-bond acceptors (Lipinski definition) is 3. The van der Waals surface area contributed by atoms with Crippen molar-refractivity contribution < 1.29 is 0 Å². The Balaban J connectivity index is 2.21. The highest BCUT2D eigenvalue weighted by molar-refractivity contribution is 9.11. The van der Waals surface area contributed by atoms with Gasteiger partial charge in [0.25, 0.3) is 0 Å². The molecular weight excluding hydrogens is 448 g/mol. The molecule has 0 saturated carbocycles. The molecule has 0 spiro atoms. The molecule has 2 aromatic rings. The number of rotatable bonds is 6. The zero-order valence-corrected chi connectivity index (χ0v) is 16.6. The van der Waals surface area contributed by atoms with Crippen LogP contribution in [0.15, 0.2) is 88.9 Å². The first-order chi connectivity index (χ1) is 10.1. The van der Waals surface area contributed by atoms with Crippen LogP contribution in [0.4, 0.5) is 0 Å².